The van der Waals surface area contributed by atoms with Gasteiger partial charge < -0.3 is 19.1 Å². The van der Waals surface area contributed by atoms with Crippen LogP contribution < -0.4 is 9.47 Å². The zero-order valence-electron chi connectivity index (χ0n) is 18.6. The van der Waals surface area contributed by atoms with E-state index in [0.29, 0.717) is 57.5 Å². The maximum absolute atomic E-state index is 12.7. The smallest absolute Gasteiger partial charge is 0.246 e. The van der Waals surface area contributed by atoms with Crippen LogP contribution in [0.15, 0.2) is 59.5 Å². The van der Waals surface area contributed by atoms with Gasteiger partial charge in [-0.05, 0) is 42.8 Å². The minimum Gasteiger partial charge on any atom is -0.486 e. The van der Waals surface area contributed by atoms with Gasteiger partial charge in [-0.25, -0.2) is 8.42 Å². The number of morpholine rings is 1. The summed E-state index contributed by atoms with van der Waals surface area (Å²) in [5, 5.41) is 0. The summed E-state index contributed by atoms with van der Waals surface area (Å²) in [6, 6.07) is 14.0. The van der Waals surface area contributed by atoms with Gasteiger partial charge in [-0.15, -0.1) is 0 Å². The number of benzene rings is 2. The number of ether oxygens (including phenoxy) is 3. The lowest BCUT2D eigenvalue weighted by Gasteiger charge is -2.30. The maximum Gasteiger partial charge on any atom is 0.246 e. The second-order valence-electron chi connectivity index (χ2n) is 7.79. The summed E-state index contributed by atoms with van der Waals surface area (Å²) in [6.45, 7) is 4.74. The van der Waals surface area contributed by atoms with Crippen molar-refractivity contribution in [2.45, 2.75) is 17.9 Å². The van der Waals surface area contributed by atoms with E-state index in [0.717, 1.165) is 5.56 Å². The molecule has 4 rings (SSSR count). The Balaban J connectivity index is 1.36. The maximum atomic E-state index is 12.7. The lowest BCUT2D eigenvalue weighted by molar-refractivity contribution is -0.127. The number of sulfonamides is 1. The zero-order chi connectivity index (χ0) is 23.3. The Hall–Kier alpha value is -2.88. The predicted octanol–water partition coefficient (Wildman–Crippen LogP) is 2.41. The van der Waals surface area contributed by atoms with Crippen molar-refractivity contribution in [2.75, 3.05) is 46.0 Å². The molecule has 2 heterocycles. The number of para-hydroxylation sites is 2. The summed E-state index contributed by atoms with van der Waals surface area (Å²) in [5.41, 5.74) is 0.742. The lowest BCUT2D eigenvalue weighted by Crippen LogP contribution is -2.43. The fourth-order valence-corrected chi connectivity index (χ4v) is 5.14. The molecular weight excluding hydrogens is 444 g/mol. The highest BCUT2D eigenvalue weighted by atomic mass is 32.2. The van der Waals surface area contributed by atoms with E-state index in [1.807, 2.05) is 31.2 Å². The largest absolute Gasteiger partial charge is 0.486 e. The first kappa shape index (κ1) is 23.3. The topological polar surface area (TPSA) is 85.4 Å². The van der Waals surface area contributed by atoms with Crippen LogP contribution in [0, 0.1) is 0 Å². The first-order valence-electron chi connectivity index (χ1n) is 11.0. The van der Waals surface area contributed by atoms with Crippen LogP contribution in [0.3, 0.4) is 0 Å². The Labute approximate surface area is 194 Å². The Morgan fingerprint density at radius 3 is 2.48 bits per heavy atom. The van der Waals surface area contributed by atoms with Crippen LogP contribution in [-0.2, 0) is 19.6 Å². The van der Waals surface area contributed by atoms with Gasteiger partial charge in [-0.2, -0.15) is 4.31 Å². The quantitative estimate of drug-likeness (QED) is 0.576. The molecule has 0 radical (unpaired) electrons. The van der Waals surface area contributed by atoms with Crippen molar-refractivity contribution in [3.05, 3.63) is 60.2 Å². The van der Waals surface area contributed by atoms with E-state index in [1.165, 1.54) is 10.4 Å². The van der Waals surface area contributed by atoms with Gasteiger partial charge in [0, 0.05) is 25.7 Å². The molecule has 2 aromatic carbocycles. The Bertz CT molecular complexity index is 1090. The molecule has 0 saturated carbocycles. The highest BCUT2D eigenvalue weighted by molar-refractivity contribution is 7.89. The summed E-state index contributed by atoms with van der Waals surface area (Å²) < 4.78 is 43.8. The van der Waals surface area contributed by atoms with Gasteiger partial charge in [0.15, 0.2) is 17.6 Å². The molecular formula is C24H28N2O6S. The molecule has 1 atom stereocenters. The van der Waals surface area contributed by atoms with Crippen molar-refractivity contribution in [3.63, 3.8) is 0 Å². The van der Waals surface area contributed by atoms with Gasteiger partial charge in [-0.1, -0.05) is 24.3 Å². The van der Waals surface area contributed by atoms with Gasteiger partial charge >= 0.3 is 0 Å². The molecule has 8 nitrogen and oxygen atoms in total. The SMILES string of the molecule is CCN(CC1COc2ccccc2O1)C(=O)/C=C/c1ccc(S(=O)(=O)N2CCOCC2)cc1. The van der Waals surface area contributed by atoms with E-state index in [-0.39, 0.29) is 16.9 Å². The lowest BCUT2D eigenvalue weighted by atomic mass is 10.2. The molecule has 0 N–H and O–H groups in total. The van der Waals surface area contributed by atoms with Crippen LogP contribution >= 0.6 is 0 Å². The molecule has 1 unspecified atom stereocenters. The number of hydrogen-bond acceptors (Lipinski definition) is 6. The third-order valence-corrected chi connectivity index (χ3v) is 7.50. The van der Waals surface area contributed by atoms with E-state index in [9.17, 15) is 13.2 Å². The van der Waals surface area contributed by atoms with E-state index in [2.05, 4.69) is 0 Å². The standard InChI is InChI=1S/C24H28N2O6S/c1-2-25(17-20-18-31-22-5-3-4-6-23(22)32-20)24(27)12-9-19-7-10-21(11-8-19)33(28,29)26-13-15-30-16-14-26/h3-12,20H,2,13-18H2,1H3/b12-9+. The minimum atomic E-state index is -3.54. The summed E-state index contributed by atoms with van der Waals surface area (Å²) in [4.78, 5) is 14.7. The molecule has 1 saturated heterocycles. The van der Waals surface area contributed by atoms with Gasteiger partial charge in [0.1, 0.15) is 6.61 Å². The summed E-state index contributed by atoms with van der Waals surface area (Å²) >= 11 is 0. The van der Waals surface area contributed by atoms with Crippen molar-refractivity contribution < 1.29 is 27.4 Å². The minimum absolute atomic E-state index is 0.148. The third kappa shape index (κ3) is 5.55. The van der Waals surface area contributed by atoms with E-state index < -0.39 is 10.0 Å². The van der Waals surface area contributed by atoms with Crippen LogP contribution in [-0.4, -0.2) is 75.6 Å². The van der Waals surface area contributed by atoms with E-state index in [1.54, 1.807) is 35.2 Å². The number of carbonyl (C=O) groups excluding carboxylic acids is 1. The predicted molar refractivity (Wildman–Crippen MR) is 124 cm³/mol. The van der Waals surface area contributed by atoms with Crippen molar-refractivity contribution in [2.24, 2.45) is 0 Å². The second-order valence-corrected chi connectivity index (χ2v) is 9.73. The van der Waals surface area contributed by atoms with Crippen molar-refractivity contribution in [3.8, 4) is 11.5 Å². The Morgan fingerprint density at radius 2 is 1.79 bits per heavy atom. The van der Waals surface area contributed by atoms with Crippen LogP contribution in [0.2, 0.25) is 0 Å². The van der Waals surface area contributed by atoms with Gasteiger partial charge in [0.25, 0.3) is 0 Å². The fraction of sp³-hybridized carbons (Fsp3) is 0.375. The fourth-order valence-electron chi connectivity index (χ4n) is 3.73. The van der Waals surface area contributed by atoms with Crippen molar-refractivity contribution >= 4 is 22.0 Å². The molecule has 1 fully saturated rings. The highest BCUT2D eigenvalue weighted by Crippen LogP contribution is 2.31. The van der Waals surface area contributed by atoms with Crippen LogP contribution in [0.4, 0.5) is 0 Å². The molecule has 9 heteroatoms. The van der Waals surface area contributed by atoms with E-state index >= 15 is 0 Å². The number of rotatable bonds is 7. The van der Waals surface area contributed by atoms with Gasteiger partial charge in [0.2, 0.25) is 15.9 Å². The molecule has 2 aliphatic rings. The third-order valence-electron chi connectivity index (χ3n) is 5.59. The number of carbonyl (C=O) groups is 1. The van der Waals surface area contributed by atoms with E-state index in [4.69, 9.17) is 14.2 Å². The number of fused-ring (bicyclic) bond motifs is 1. The molecule has 1 amide bonds. The number of hydrogen-bond donors (Lipinski definition) is 0. The summed E-state index contributed by atoms with van der Waals surface area (Å²) in [7, 11) is -3.54. The molecule has 176 valence electrons. The number of nitrogens with zero attached hydrogens (tertiary/aromatic N) is 2. The van der Waals surface area contributed by atoms with Gasteiger partial charge in [0.05, 0.1) is 24.7 Å². The average Bonchev–Trinajstić information content (AvgIpc) is 2.86. The van der Waals surface area contributed by atoms with Crippen LogP contribution in [0.5, 0.6) is 11.5 Å². The second kappa shape index (κ2) is 10.4. The normalized spacial score (nSPS) is 18.9. The molecule has 2 aliphatic heterocycles. The Morgan fingerprint density at radius 1 is 1.09 bits per heavy atom. The average molecular weight is 473 g/mol. The molecule has 33 heavy (non-hydrogen) atoms. The van der Waals surface area contributed by atoms with Crippen LogP contribution in [0.25, 0.3) is 6.08 Å². The molecule has 0 spiro atoms. The number of likely N-dealkylation sites (N-methyl/N-ethyl adjacent to an activating group) is 1. The first-order chi connectivity index (χ1) is 16.0. The number of amides is 1. The monoisotopic (exact) mass is 472 g/mol. The molecule has 0 aromatic heterocycles. The molecule has 2 aromatic rings. The molecule has 0 aliphatic carbocycles. The summed E-state index contributed by atoms with van der Waals surface area (Å²) in [6.07, 6.45) is 2.93. The molecule has 0 bridgehead atoms. The summed E-state index contributed by atoms with van der Waals surface area (Å²) in [5.74, 6) is 1.24. The van der Waals surface area contributed by atoms with Gasteiger partial charge in [-0.3, -0.25) is 4.79 Å². The first-order valence-corrected chi connectivity index (χ1v) is 12.4. The highest BCUT2D eigenvalue weighted by Gasteiger charge is 2.26. The Kier molecular flexibility index (Phi) is 7.32. The zero-order valence-corrected chi connectivity index (χ0v) is 19.4. The van der Waals surface area contributed by atoms with Crippen molar-refractivity contribution in [1.29, 1.82) is 0 Å². The van der Waals surface area contributed by atoms with Crippen LogP contribution in [0.1, 0.15) is 12.5 Å². The van der Waals surface area contributed by atoms with Crippen molar-refractivity contribution in [1.82, 2.24) is 9.21 Å².